The van der Waals surface area contributed by atoms with E-state index < -0.39 is 6.08 Å². The molecule has 41 valence electrons. The molecular formula is C3ClFN3. The highest BCUT2D eigenvalue weighted by molar-refractivity contribution is 6.29. The lowest BCUT2D eigenvalue weighted by Crippen LogP contribution is -1.90. The van der Waals surface area contributed by atoms with Crippen molar-refractivity contribution >= 4 is 11.6 Å². The minimum absolute atomic E-state index is 0.0357. The molecule has 0 saturated heterocycles. The van der Waals surface area contributed by atoms with Gasteiger partial charge in [0.2, 0.25) is 0 Å². The zero-order chi connectivity index (χ0) is 5.98. The second-order valence-corrected chi connectivity index (χ2v) is 1.34. The predicted molar refractivity (Wildman–Crippen MR) is 23.6 cm³/mol. The molecule has 1 aromatic rings. The lowest BCUT2D eigenvalue weighted by atomic mass is 10.9. The molecule has 0 atom stereocenters. The smallest absolute Gasteiger partial charge is 0.196 e. The molecule has 1 rings (SSSR count). The van der Waals surface area contributed by atoms with Gasteiger partial charge in [0.05, 0.1) is 0 Å². The summed E-state index contributed by atoms with van der Waals surface area (Å²) in [5.41, 5.74) is 0. The standard InChI is InChI=1S/C3ClFN3/c4-2-1-6-3(5)8-7-2. The summed E-state index contributed by atoms with van der Waals surface area (Å²) >= 11 is 5.15. The summed E-state index contributed by atoms with van der Waals surface area (Å²) in [6.45, 7) is 0. The first-order valence-electron chi connectivity index (χ1n) is 1.72. The van der Waals surface area contributed by atoms with Crippen LogP contribution in [0.4, 0.5) is 4.39 Å². The van der Waals surface area contributed by atoms with E-state index in [1.54, 1.807) is 0 Å². The van der Waals surface area contributed by atoms with Gasteiger partial charge in [0, 0.05) is 0 Å². The molecule has 0 aromatic carbocycles. The lowest BCUT2D eigenvalue weighted by molar-refractivity contribution is 0.517. The molecule has 5 heteroatoms. The van der Waals surface area contributed by atoms with Gasteiger partial charge in [0.1, 0.15) is 6.20 Å². The Labute approximate surface area is 49.5 Å². The Bertz CT molecular complexity index is 153. The summed E-state index contributed by atoms with van der Waals surface area (Å²) in [5, 5.41) is 5.95. The molecule has 1 radical (unpaired) electrons. The van der Waals surface area contributed by atoms with E-state index in [9.17, 15) is 4.39 Å². The van der Waals surface area contributed by atoms with Gasteiger partial charge in [-0.05, 0) is 0 Å². The molecule has 0 spiro atoms. The van der Waals surface area contributed by atoms with Crippen molar-refractivity contribution in [2.24, 2.45) is 0 Å². The first-order valence-corrected chi connectivity index (χ1v) is 2.10. The van der Waals surface area contributed by atoms with Gasteiger partial charge in [0.15, 0.2) is 5.15 Å². The van der Waals surface area contributed by atoms with E-state index in [-0.39, 0.29) is 5.15 Å². The molecule has 0 aliphatic rings. The van der Waals surface area contributed by atoms with Gasteiger partial charge in [0.25, 0.3) is 0 Å². The third-order valence-corrected chi connectivity index (χ3v) is 0.621. The van der Waals surface area contributed by atoms with Crippen LogP contribution >= 0.6 is 11.6 Å². The maximum absolute atomic E-state index is 11.7. The zero-order valence-corrected chi connectivity index (χ0v) is 4.35. The van der Waals surface area contributed by atoms with Crippen molar-refractivity contribution in [2.75, 3.05) is 0 Å². The first-order chi connectivity index (χ1) is 3.79. The Balaban J connectivity index is 3.03. The Kier molecular flexibility index (Phi) is 1.34. The van der Waals surface area contributed by atoms with Crippen LogP contribution in [0.3, 0.4) is 0 Å². The van der Waals surface area contributed by atoms with Crippen molar-refractivity contribution in [3.05, 3.63) is 17.4 Å². The number of aromatic nitrogens is 3. The number of hydrogen-bond donors (Lipinski definition) is 0. The topological polar surface area (TPSA) is 38.7 Å². The molecule has 0 aliphatic carbocycles. The van der Waals surface area contributed by atoms with Crippen LogP contribution in [0.15, 0.2) is 0 Å². The molecule has 8 heavy (non-hydrogen) atoms. The Morgan fingerprint density at radius 1 is 1.50 bits per heavy atom. The fraction of sp³-hybridized carbons (Fsp3) is 0. The summed E-state index contributed by atoms with van der Waals surface area (Å²) < 4.78 is 11.7. The number of rotatable bonds is 0. The summed E-state index contributed by atoms with van der Waals surface area (Å²) in [5.74, 6) is 0. The van der Waals surface area contributed by atoms with E-state index in [0.29, 0.717) is 0 Å². The van der Waals surface area contributed by atoms with Crippen LogP contribution in [0.2, 0.25) is 5.15 Å². The largest absolute Gasteiger partial charge is 0.328 e. The summed E-state index contributed by atoms with van der Waals surface area (Å²) in [6, 6.07) is 0. The summed E-state index contributed by atoms with van der Waals surface area (Å²) in [6.07, 6.45) is 1.14. The van der Waals surface area contributed by atoms with Crippen LogP contribution in [-0.2, 0) is 0 Å². The van der Waals surface area contributed by atoms with Crippen LogP contribution in [0.5, 0.6) is 0 Å². The molecular weight excluding hydrogens is 133 g/mol. The highest BCUT2D eigenvalue weighted by Gasteiger charge is 1.91. The average molecular weight is 133 g/mol. The van der Waals surface area contributed by atoms with Crippen molar-refractivity contribution in [3.8, 4) is 0 Å². The van der Waals surface area contributed by atoms with Crippen LogP contribution in [0, 0.1) is 12.3 Å². The summed E-state index contributed by atoms with van der Waals surface area (Å²) in [7, 11) is 0. The molecule has 1 heterocycles. The molecule has 0 amide bonds. The average Bonchev–Trinajstić information content (AvgIpc) is 1.77. The Morgan fingerprint density at radius 3 is 2.62 bits per heavy atom. The number of hydrogen-bond acceptors (Lipinski definition) is 3. The van der Waals surface area contributed by atoms with Crippen LogP contribution < -0.4 is 0 Å². The van der Waals surface area contributed by atoms with Gasteiger partial charge < -0.3 is 0 Å². The zero-order valence-electron chi connectivity index (χ0n) is 3.60. The monoisotopic (exact) mass is 132 g/mol. The van der Waals surface area contributed by atoms with E-state index in [1.165, 1.54) is 0 Å². The maximum atomic E-state index is 11.7. The third kappa shape index (κ3) is 1.10. The van der Waals surface area contributed by atoms with Gasteiger partial charge in [-0.2, -0.15) is 9.37 Å². The molecule has 0 fully saturated rings. The first kappa shape index (κ1) is 5.37. The van der Waals surface area contributed by atoms with E-state index in [2.05, 4.69) is 21.4 Å². The van der Waals surface area contributed by atoms with E-state index in [4.69, 9.17) is 11.6 Å². The van der Waals surface area contributed by atoms with Crippen molar-refractivity contribution < 1.29 is 4.39 Å². The quantitative estimate of drug-likeness (QED) is 0.515. The SMILES string of the molecule is Fc1n[c]c(Cl)nn1. The Hall–Kier alpha value is -0.770. The van der Waals surface area contributed by atoms with Gasteiger partial charge in [-0.1, -0.05) is 16.7 Å². The maximum Gasteiger partial charge on any atom is 0.328 e. The van der Waals surface area contributed by atoms with Crippen molar-refractivity contribution in [1.29, 1.82) is 0 Å². The van der Waals surface area contributed by atoms with Crippen molar-refractivity contribution in [2.45, 2.75) is 0 Å². The fourth-order valence-electron chi connectivity index (χ4n) is 0.222. The number of nitrogens with zero attached hydrogens (tertiary/aromatic N) is 3. The van der Waals surface area contributed by atoms with E-state index in [1.807, 2.05) is 0 Å². The van der Waals surface area contributed by atoms with Crippen molar-refractivity contribution in [1.82, 2.24) is 15.2 Å². The molecule has 0 saturated carbocycles. The Morgan fingerprint density at radius 2 is 2.25 bits per heavy atom. The van der Waals surface area contributed by atoms with Crippen molar-refractivity contribution in [3.63, 3.8) is 0 Å². The molecule has 3 nitrogen and oxygen atoms in total. The molecule has 0 unspecified atom stereocenters. The third-order valence-electron chi connectivity index (χ3n) is 0.461. The highest BCUT2D eigenvalue weighted by atomic mass is 35.5. The molecule has 1 aromatic heterocycles. The predicted octanol–water partition coefficient (Wildman–Crippen LogP) is 0.464. The second-order valence-electron chi connectivity index (χ2n) is 0.983. The van der Waals surface area contributed by atoms with Gasteiger partial charge in [-0.15, -0.1) is 5.10 Å². The number of halogens is 2. The minimum atomic E-state index is -0.922. The van der Waals surface area contributed by atoms with Crippen LogP contribution in [0.1, 0.15) is 0 Å². The molecule has 0 bridgehead atoms. The second kappa shape index (κ2) is 2.00. The fourth-order valence-corrected chi connectivity index (χ4v) is 0.302. The summed E-state index contributed by atoms with van der Waals surface area (Å²) in [4.78, 5) is 2.98. The van der Waals surface area contributed by atoms with E-state index in [0.717, 1.165) is 0 Å². The van der Waals surface area contributed by atoms with Gasteiger partial charge >= 0.3 is 6.08 Å². The lowest BCUT2D eigenvalue weighted by Gasteiger charge is -1.80. The normalized spacial score (nSPS) is 9.25. The minimum Gasteiger partial charge on any atom is -0.196 e. The van der Waals surface area contributed by atoms with E-state index >= 15 is 0 Å². The van der Waals surface area contributed by atoms with Gasteiger partial charge in [-0.25, -0.2) is 0 Å². The van der Waals surface area contributed by atoms with Crippen LogP contribution in [-0.4, -0.2) is 15.2 Å². The highest BCUT2D eigenvalue weighted by Crippen LogP contribution is 1.94. The molecule has 0 N–H and O–H groups in total. The van der Waals surface area contributed by atoms with Crippen LogP contribution in [0.25, 0.3) is 0 Å². The molecule has 0 aliphatic heterocycles. The van der Waals surface area contributed by atoms with Gasteiger partial charge in [-0.3, -0.25) is 0 Å².